The van der Waals surface area contributed by atoms with E-state index in [1.165, 1.54) is 16.0 Å². The van der Waals surface area contributed by atoms with Crippen molar-refractivity contribution >= 4 is 11.9 Å². The number of rotatable bonds is 6. The third-order valence-corrected chi connectivity index (χ3v) is 5.94. The van der Waals surface area contributed by atoms with Crippen molar-refractivity contribution in [1.82, 2.24) is 4.90 Å². The molecule has 2 aliphatic rings. The van der Waals surface area contributed by atoms with E-state index in [1.54, 1.807) is 14.0 Å². The Morgan fingerprint density at radius 2 is 1.89 bits per heavy atom. The lowest BCUT2D eigenvalue weighted by molar-refractivity contribution is -0.162. The molecular weight excluding hydrogens is 356 g/mol. The van der Waals surface area contributed by atoms with Crippen LogP contribution in [0, 0.1) is 11.3 Å². The fraction of sp³-hybridized carbons (Fsp3) is 0.591. The third-order valence-electron chi connectivity index (χ3n) is 5.94. The Labute approximate surface area is 166 Å². The van der Waals surface area contributed by atoms with E-state index >= 15 is 0 Å². The monoisotopic (exact) mass is 384 g/mol. The van der Waals surface area contributed by atoms with Gasteiger partial charge in [-0.05, 0) is 62.3 Å². The minimum Gasteiger partial charge on any atom is -0.482 e. The Balaban J connectivity index is 1.52. The minimum atomic E-state index is -0.951. The number of ether oxygens (including phenoxy) is 2. The quantitative estimate of drug-likeness (QED) is 0.704. The molecule has 0 unspecified atom stereocenters. The van der Waals surface area contributed by atoms with Gasteiger partial charge in [0.1, 0.15) is 11.3 Å². The number of likely N-dealkylation sites (N-methyl/N-ethyl adjacent to an activating group) is 1. The first-order chi connectivity index (χ1) is 13.4. The normalized spacial score (nSPS) is 18.5. The molecule has 1 aromatic rings. The van der Waals surface area contributed by atoms with Gasteiger partial charge in [-0.1, -0.05) is 25.3 Å². The largest absolute Gasteiger partial charge is 0.482 e. The van der Waals surface area contributed by atoms with Crippen molar-refractivity contribution in [2.75, 3.05) is 13.7 Å². The number of carbonyl (C=O) groups excluding carboxylic acids is 2. The number of aryl methyl sites for hydroxylation is 2. The molecule has 1 atom stereocenters. The van der Waals surface area contributed by atoms with Crippen LogP contribution in [0.1, 0.15) is 56.6 Å². The highest BCUT2D eigenvalue weighted by atomic mass is 16.6. The summed E-state index contributed by atoms with van der Waals surface area (Å²) in [6.07, 6.45) is 6.58. The molecule has 2 aliphatic carbocycles. The lowest BCUT2D eigenvalue weighted by atomic mass is 9.81. The van der Waals surface area contributed by atoms with Crippen molar-refractivity contribution < 1.29 is 19.1 Å². The van der Waals surface area contributed by atoms with E-state index in [-0.39, 0.29) is 12.5 Å². The predicted octanol–water partition coefficient (Wildman–Crippen LogP) is 3.17. The molecule has 1 amide bonds. The molecule has 1 fully saturated rings. The highest BCUT2D eigenvalue weighted by Gasteiger charge is 2.40. The van der Waals surface area contributed by atoms with Crippen molar-refractivity contribution in [3.8, 4) is 11.8 Å². The summed E-state index contributed by atoms with van der Waals surface area (Å²) in [5.74, 6) is -0.307. The Morgan fingerprint density at radius 3 is 2.61 bits per heavy atom. The molecule has 0 spiro atoms. The van der Waals surface area contributed by atoms with E-state index in [9.17, 15) is 14.9 Å². The summed E-state index contributed by atoms with van der Waals surface area (Å²) in [5.41, 5.74) is 1.81. The summed E-state index contributed by atoms with van der Waals surface area (Å²) in [6, 6.07) is 8.18. The van der Waals surface area contributed by atoms with Crippen LogP contribution in [0.2, 0.25) is 0 Å². The maximum atomic E-state index is 12.7. The van der Waals surface area contributed by atoms with E-state index in [4.69, 9.17) is 9.47 Å². The fourth-order valence-corrected chi connectivity index (χ4v) is 4.20. The maximum Gasteiger partial charge on any atom is 0.344 e. The van der Waals surface area contributed by atoms with E-state index in [1.807, 2.05) is 18.2 Å². The smallest absolute Gasteiger partial charge is 0.344 e. The molecule has 6 heteroatoms. The van der Waals surface area contributed by atoms with Gasteiger partial charge in [0, 0.05) is 7.05 Å². The zero-order valence-corrected chi connectivity index (χ0v) is 16.7. The van der Waals surface area contributed by atoms with Gasteiger partial charge in [-0.3, -0.25) is 4.79 Å². The number of esters is 1. The zero-order valence-electron chi connectivity index (χ0n) is 16.7. The highest BCUT2D eigenvalue weighted by molar-refractivity contribution is 5.84. The molecule has 0 heterocycles. The molecule has 1 saturated carbocycles. The molecule has 0 aromatic heterocycles. The lowest BCUT2D eigenvalue weighted by Crippen LogP contribution is -2.53. The molecule has 1 aromatic carbocycles. The predicted molar refractivity (Wildman–Crippen MR) is 104 cm³/mol. The van der Waals surface area contributed by atoms with Crippen LogP contribution in [0.15, 0.2) is 18.2 Å². The second-order valence-electron chi connectivity index (χ2n) is 7.81. The topological polar surface area (TPSA) is 79.6 Å². The lowest BCUT2D eigenvalue weighted by Gasteiger charge is -2.39. The molecule has 0 radical (unpaired) electrons. The molecule has 6 nitrogen and oxygen atoms in total. The van der Waals surface area contributed by atoms with Crippen molar-refractivity contribution in [2.45, 2.75) is 69.9 Å². The summed E-state index contributed by atoms with van der Waals surface area (Å²) in [4.78, 5) is 26.3. The standard InChI is InChI=1S/C22H28N2O4/c1-16(21(26)24(2)22(15-23)11-4-3-5-12-22)28-20(25)14-27-19-10-9-17-7-6-8-18(17)13-19/h9-10,13,16H,3-8,11-12,14H2,1-2H3/t16-/m1/s1. The van der Waals surface area contributed by atoms with E-state index in [0.29, 0.717) is 18.6 Å². The molecule has 150 valence electrons. The zero-order chi connectivity index (χ0) is 20.1. The fourth-order valence-electron chi connectivity index (χ4n) is 4.20. The van der Waals surface area contributed by atoms with Crippen LogP contribution in [0.3, 0.4) is 0 Å². The van der Waals surface area contributed by atoms with Gasteiger partial charge < -0.3 is 14.4 Å². The van der Waals surface area contributed by atoms with Gasteiger partial charge in [-0.25, -0.2) is 4.79 Å². The number of benzene rings is 1. The van der Waals surface area contributed by atoms with Crippen LogP contribution in [0.4, 0.5) is 0 Å². The first kappa shape index (κ1) is 20.2. The van der Waals surface area contributed by atoms with Crippen LogP contribution in [-0.2, 0) is 27.2 Å². The number of nitrogens with zero attached hydrogens (tertiary/aromatic N) is 2. The number of hydrogen-bond donors (Lipinski definition) is 0. The Bertz CT molecular complexity index is 777. The third kappa shape index (κ3) is 4.30. The van der Waals surface area contributed by atoms with Crippen LogP contribution in [0.25, 0.3) is 0 Å². The molecule has 0 N–H and O–H groups in total. The summed E-state index contributed by atoms with van der Waals surface area (Å²) in [6.45, 7) is 1.30. The number of fused-ring (bicyclic) bond motifs is 1. The molecular formula is C22H28N2O4. The van der Waals surface area contributed by atoms with Gasteiger partial charge in [0.15, 0.2) is 12.7 Å². The van der Waals surface area contributed by atoms with Gasteiger partial charge in [-0.15, -0.1) is 0 Å². The average Bonchev–Trinajstić information content (AvgIpc) is 3.19. The van der Waals surface area contributed by atoms with Crippen LogP contribution in [-0.4, -0.2) is 42.1 Å². The summed E-state index contributed by atoms with van der Waals surface area (Å²) in [5, 5.41) is 9.63. The van der Waals surface area contributed by atoms with E-state index in [2.05, 4.69) is 6.07 Å². The van der Waals surface area contributed by atoms with Crippen molar-refractivity contribution in [2.24, 2.45) is 0 Å². The van der Waals surface area contributed by atoms with Gasteiger partial charge in [0.2, 0.25) is 0 Å². The van der Waals surface area contributed by atoms with E-state index < -0.39 is 17.6 Å². The number of amides is 1. The van der Waals surface area contributed by atoms with Crippen LogP contribution < -0.4 is 4.74 Å². The molecule has 28 heavy (non-hydrogen) atoms. The SMILES string of the molecule is C[C@@H](OC(=O)COc1ccc2c(c1)CCC2)C(=O)N(C)C1(C#N)CCCCC1. The van der Waals surface area contributed by atoms with E-state index in [0.717, 1.165) is 38.5 Å². The minimum absolute atomic E-state index is 0.247. The van der Waals surface area contributed by atoms with Gasteiger partial charge in [0.25, 0.3) is 5.91 Å². The Morgan fingerprint density at radius 1 is 1.18 bits per heavy atom. The van der Waals surface area contributed by atoms with Crippen LogP contribution in [0.5, 0.6) is 5.75 Å². The number of nitriles is 1. The van der Waals surface area contributed by atoms with Gasteiger partial charge in [0.05, 0.1) is 6.07 Å². The Kier molecular flexibility index (Phi) is 6.23. The molecule has 0 saturated heterocycles. The average molecular weight is 384 g/mol. The van der Waals surface area contributed by atoms with Crippen LogP contribution >= 0.6 is 0 Å². The Hall–Kier alpha value is -2.55. The van der Waals surface area contributed by atoms with Crippen molar-refractivity contribution in [3.63, 3.8) is 0 Å². The second kappa shape index (κ2) is 8.64. The number of carbonyl (C=O) groups is 2. The molecule has 0 bridgehead atoms. The second-order valence-corrected chi connectivity index (χ2v) is 7.81. The number of hydrogen-bond acceptors (Lipinski definition) is 5. The maximum absolute atomic E-state index is 12.7. The van der Waals surface area contributed by atoms with Crippen molar-refractivity contribution in [1.29, 1.82) is 5.26 Å². The molecule has 0 aliphatic heterocycles. The highest BCUT2D eigenvalue weighted by Crippen LogP contribution is 2.33. The van der Waals surface area contributed by atoms with Gasteiger partial charge in [-0.2, -0.15) is 5.26 Å². The van der Waals surface area contributed by atoms with Crippen molar-refractivity contribution in [3.05, 3.63) is 29.3 Å². The summed E-state index contributed by atoms with van der Waals surface area (Å²) < 4.78 is 10.8. The first-order valence-electron chi connectivity index (χ1n) is 10.1. The molecule has 3 rings (SSSR count). The summed E-state index contributed by atoms with van der Waals surface area (Å²) >= 11 is 0. The first-order valence-corrected chi connectivity index (χ1v) is 10.1. The van der Waals surface area contributed by atoms with Gasteiger partial charge >= 0.3 is 5.97 Å². The summed E-state index contributed by atoms with van der Waals surface area (Å²) in [7, 11) is 1.63.